The molecule has 0 aromatic rings. The van der Waals surface area contributed by atoms with Gasteiger partial charge in [-0.2, -0.15) is 0 Å². The summed E-state index contributed by atoms with van der Waals surface area (Å²) in [6.07, 6.45) is 10.6. The molecule has 8 nitrogen and oxygen atoms in total. The van der Waals surface area contributed by atoms with E-state index >= 15 is 0 Å². The number of carbonyl (C=O) groups is 4. The summed E-state index contributed by atoms with van der Waals surface area (Å²) in [7, 11) is 0. The Hall–Kier alpha value is -1.09. The molecule has 0 fully saturated rings. The van der Waals surface area contributed by atoms with E-state index in [9.17, 15) is 29.4 Å². The van der Waals surface area contributed by atoms with Crippen LogP contribution in [0.15, 0.2) is 0 Å². The number of carboxylic acids is 2. The normalized spacial score (nSPS) is 11.0. The number of rotatable bonds is 16. The monoisotopic (exact) mass is 538 g/mol. The molecule has 35 heavy (non-hydrogen) atoms. The molecule has 0 heterocycles. The topological polar surface area (TPSA) is 155 Å². The molecule has 0 rings (SSSR count). The van der Waals surface area contributed by atoms with Gasteiger partial charge in [-0.25, -0.2) is 0 Å². The molecule has 0 bridgehead atoms. The first kappa shape index (κ1) is 43.9. The molecule has 0 aliphatic rings. The minimum absolute atomic E-state index is 0. The third-order valence-corrected chi connectivity index (χ3v) is 4.69. The van der Waals surface area contributed by atoms with Crippen LogP contribution in [0.3, 0.4) is 0 Å². The van der Waals surface area contributed by atoms with Crippen molar-refractivity contribution >= 4 is 23.5 Å². The van der Waals surface area contributed by atoms with Crippen LogP contribution in [0.2, 0.25) is 0 Å². The fraction of sp³-hybridized carbons (Fsp3) is 0.846. The number of carboxylic acid groups (broad SMARTS) is 2. The summed E-state index contributed by atoms with van der Waals surface area (Å²) in [5, 5.41) is 36.7. The summed E-state index contributed by atoms with van der Waals surface area (Å²) in [5.41, 5.74) is 0. The van der Waals surface area contributed by atoms with Crippen molar-refractivity contribution in [1.82, 2.24) is 0 Å². The average Bonchev–Trinajstić information content (AvgIpc) is 2.78. The quantitative estimate of drug-likeness (QED) is 0.173. The molecule has 2 unspecified atom stereocenters. The Balaban J connectivity index is -0.000000128. The molecular weight excluding hydrogens is 488 g/mol. The Morgan fingerprint density at radius 1 is 0.571 bits per heavy atom. The molecule has 0 aliphatic heterocycles. The van der Waals surface area contributed by atoms with E-state index in [2.05, 4.69) is 13.8 Å². The fourth-order valence-electron chi connectivity index (χ4n) is 2.52. The SMILES string of the molecule is CCCCCCC(C(C)=O)C(=O)[O-].CCCCCCC(C(C)=O)C(=O)[O-].CCCO.CCCO.[Ti+2]. The van der Waals surface area contributed by atoms with Crippen LogP contribution in [0, 0.1) is 11.8 Å². The van der Waals surface area contributed by atoms with Gasteiger partial charge in [-0.05, 0) is 39.5 Å². The minimum Gasteiger partial charge on any atom is -0.549 e. The van der Waals surface area contributed by atoms with E-state index in [1.807, 2.05) is 13.8 Å². The zero-order chi connectivity index (χ0) is 27.4. The first-order chi connectivity index (χ1) is 16.0. The first-order valence-electron chi connectivity index (χ1n) is 12.7. The number of ketones is 2. The number of aliphatic hydroxyl groups is 2. The van der Waals surface area contributed by atoms with Crippen LogP contribution < -0.4 is 10.2 Å². The zero-order valence-corrected chi connectivity index (χ0v) is 24.5. The maximum atomic E-state index is 10.8. The van der Waals surface area contributed by atoms with Crippen molar-refractivity contribution in [3.8, 4) is 0 Å². The number of carbonyl (C=O) groups excluding carboxylic acids is 4. The third-order valence-electron chi connectivity index (χ3n) is 4.69. The van der Waals surface area contributed by atoms with E-state index < -0.39 is 23.8 Å². The molecule has 0 aromatic heterocycles. The molecule has 0 saturated heterocycles. The van der Waals surface area contributed by atoms with Crippen molar-refractivity contribution in [3.05, 3.63) is 0 Å². The molecule has 2 N–H and O–H groups in total. The second kappa shape index (κ2) is 35.1. The van der Waals surface area contributed by atoms with Crippen molar-refractivity contribution in [1.29, 1.82) is 0 Å². The molecule has 2 atom stereocenters. The molecule has 0 aliphatic carbocycles. The molecular formula is C26H50O8Ti. The smallest absolute Gasteiger partial charge is 0.549 e. The Kier molecular flexibility index (Phi) is 44.0. The van der Waals surface area contributed by atoms with Crippen LogP contribution in [-0.2, 0) is 40.9 Å². The van der Waals surface area contributed by atoms with Crippen molar-refractivity contribution < 1.29 is 61.3 Å². The first-order valence-corrected chi connectivity index (χ1v) is 12.7. The standard InChI is InChI=1S/2C10H18O3.2C3H8O.Ti/c2*1-3-4-5-6-7-9(8(2)11)10(12)13;2*1-2-3-4;/h2*9H,3-7H2,1-2H3,(H,12,13);2*4H,2-3H2,1H3;/q;;;;+2/p-2. The number of hydrogen-bond acceptors (Lipinski definition) is 8. The molecule has 9 heteroatoms. The Labute approximate surface area is 228 Å². The number of aliphatic hydroxyl groups excluding tert-OH is 2. The second-order valence-corrected chi connectivity index (χ2v) is 8.11. The van der Waals surface area contributed by atoms with Gasteiger partial charge in [-0.1, -0.05) is 79.1 Å². The van der Waals surface area contributed by atoms with Crippen LogP contribution in [-0.4, -0.2) is 46.9 Å². The van der Waals surface area contributed by atoms with Gasteiger partial charge in [0.2, 0.25) is 0 Å². The van der Waals surface area contributed by atoms with Gasteiger partial charge in [-0.15, -0.1) is 0 Å². The molecule has 0 radical (unpaired) electrons. The summed E-state index contributed by atoms with van der Waals surface area (Å²) in [6, 6.07) is 0. The maximum absolute atomic E-state index is 10.8. The van der Waals surface area contributed by atoms with Crippen LogP contribution in [0.5, 0.6) is 0 Å². The number of hydrogen-bond donors (Lipinski definition) is 2. The number of Topliss-reactive ketones (excluding diaryl/α,β-unsaturated/α-hetero) is 2. The molecule has 0 spiro atoms. The minimum atomic E-state index is -1.23. The summed E-state index contributed by atoms with van der Waals surface area (Å²) in [4.78, 5) is 42.6. The van der Waals surface area contributed by atoms with E-state index in [1.165, 1.54) is 13.8 Å². The Bertz CT molecular complexity index is 422. The maximum Gasteiger partial charge on any atom is 2.00 e. The van der Waals surface area contributed by atoms with Gasteiger partial charge < -0.3 is 30.0 Å². The molecule has 0 saturated carbocycles. The van der Waals surface area contributed by atoms with Gasteiger partial charge in [0.05, 0.1) is 23.8 Å². The van der Waals surface area contributed by atoms with E-state index in [1.54, 1.807) is 0 Å². The van der Waals surface area contributed by atoms with Crippen molar-refractivity contribution in [2.75, 3.05) is 13.2 Å². The van der Waals surface area contributed by atoms with Crippen molar-refractivity contribution in [3.63, 3.8) is 0 Å². The van der Waals surface area contributed by atoms with Gasteiger partial charge in [-0.3, -0.25) is 9.59 Å². The van der Waals surface area contributed by atoms with Crippen molar-refractivity contribution in [2.24, 2.45) is 11.8 Å². The summed E-state index contributed by atoms with van der Waals surface area (Å²) in [6.45, 7) is 11.3. The predicted octanol–water partition coefficient (Wildman–Crippen LogP) is 2.60. The van der Waals surface area contributed by atoms with E-state index in [0.29, 0.717) is 26.1 Å². The summed E-state index contributed by atoms with van der Waals surface area (Å²) < 4.78 is 0. The molecule has 206 valence electrons. The fourth-order valence-corrected chi connectivity index (χ4v) is 2.52. The number of unbranched alkanes of at least 4 members (excludes halogenated alkanes) is 6. The van der Waals surface area contributed by atoms with Crippen molar-refractivity contribution in [2.45, 2.75) is 119 Å². The molecule has 0 amide bonds. The Morgan fingerprint density at radius 3 is 0.971 bits per heavy atom. The predicted molar refractivity (Wildman–Crippen MR) is 131 cm³/mol. The summed E-state index contributed by atoms with van der Waals surface area (Å²) in [5.74, 6) is -4.84. The van der Waals surface area contributed by atoms with Gasteiger partial charge >= 0.3 is 21.7 Å². The van der Waals surface area contributed by atoms with Gasteiger partial charge in [0.25, 0.3) is 0 Å². The van der Waals surface area contributed by atoms with Gasteiger partial charge in [0.15, 0.2) is 0 Å². The summed E-state index contributed by atoms with van der Waals surface area (Å²) >= 11 is 0. The molecule has 0 aromatic carbocycles. The van der Waals surface area contributed by atoms with Gasteiger partial charge in [0, 0.05) is 13.2 Å². The van der Waals surface area contributed by atoms with Crippen LogP contribution in [0.4, 0.5) is 0 Å². The van der Waals surface area contributed by atoms with E-state index in [4.69, 9.17) is 10.2 Å². The van der Waals surface area contributed by atoms with Gasteiger partial charge in [0.1, 0.15) is 11.6 Å². The van der Waals surface area contributed by atoms with Crippen LogP contribution in [0.1, 0.15) is 119 Å². The van der Waals surface area contributed by atoms with E-state index in [-0.39, 0.29) is 33.3 Å². The van der Waals surface area contributed by atoms with Crippen LogP contribution >= 0.6 is 0 Å². The number of aliphatic carboxylic acids is 2. The largest absolute Gasteiger partial charge is 2.00 e. The van der Waals surface area contributed by atoms with Crippen LogP contribution in [0.25, 0.3) is 0 Å². The second-order valence-electron chi connectivity index (χ2n) is 8.11. The third kappa shape index (κ3) is 37.6. The Morgan fingerprint density at radius 2 is 0.829 bits per heavy atom. The average molecular weight is 539 g/mol. The zero-order valence-electron chi connectivity index (χ0n) is 22.9. The van der Waals surface area contributed by atoms with E-state index in [0.717, 1.165) is 64.2 Å².